The summed E-state index contributed by atoms with van der Waals surface area (Å²) in [5, 5.41) is 5.99. The first-order valence-corrected chi connectivity index (χ1v) is 8.17. The van der Waals surface area contributed by atoms with Crippen molar-refractivity contribution in [2.24, 2.45) is 0 Å². The minimum atomic E-state index is -0.291. The molecule has 3 aromatic rings. The summed E-state index contributed by atoms with van der Waals surface area (Å²) >= 11 is 0. The first-order valence-electron chi connectivity index (χ1n) is 8.17. The van der Waals surface area contributed by atoms with Crippen LogP contribution in [0.15, 0.2) is 54.9 Å². The van der Waals surface area contributed by atoms with Crippen molar-refractivity contribution in [3.8, 4) is 5.75 Å². The van der Waals surface area contributed by atoms with Crippen LogP contribution in [0.3, 0.4) is 0 Å². The molecule has 6 nitrogen and oxygen atoms in total. The topological polar surface area (TPSA) is 76.1 Å². The van der Waals surface area contributed by atoms with Crippen molar-refractivity contribution in [2.75, 3.05) is 17.7 Å². The van der Waals surface area contributed by atoms with Crippen LogP contribution in [-0.4, -0.2) is 23.0 Å². The number of hydrogen-bond donors (Lipinski definition) is 2. The van der Waals surface area contributed by atoms with Gasteiger partial charge in [-0.2, -0.15) is 0 Å². The molecule has 3 rings (SSSR count). The zero-order valence-corrected chi connectivity index (χ0v) is 14.9. The van der Waals surface area contributed by atoms with Gasteiger partial charge in [-0.3, -0.25) is 4.79 Å². The van der Waals surface area contributed by atoms with E-state index in [0.29, 0.717) is 5.82 Å². The summed E-state index contributed by atoms with van der Waals surface area (Å²) < 4.78 is 5.12. The average molecular weight is 348 g/mol. The molecular formula is C20H20N4O2. The van der Waals surface area contributed by atoms with Crippen LogP contribution in [0, 0.1) is 13.8 Å². The summed E-state index contributed by atoms with van der Waals surface area (Å²) in [5.74, 6) is 1.04. The molecule has 0 saturated carbocycles. The third kappa shape index (κ3) is 4.16. The number of nitrogens with zero attached hydrogens (tertiary/aromatic N) is 2. The Hall–Kier alpha value is -3.41. The van der Waals surface area contributed by atoms with E-state index in [0.717, 1.165) is 28.3 Å². The Balaban J connectivity index is 1.67. The van der Waals surface area contributed by atoms with E-state index in [9.17, 15) is 4.79 Å². The number of aryl methyl sites for hydroxylation is 2. The summed E-state index contributed by atoms with van der Waals surface area (Å²) in [5.41, 5.74) is 4.03. The van der Waals surface area contributed by atoms with Gasteiger partial charge in [0.2, 0.25) is 0 Å². The summed E-state index contributed by atoms with van der Waals surface area (Å²) in [4.78, 5) is 20.8. The van der Waals surface area contributed by atoms with Gasteiger partial charge in [0.25, 0.3) is 5.91 Å². The molecule has 0 saturated heterocycles. The maximum atomic E-state index is 12.3. The molecule has 2 N–H and O–H groups in total. The van der Waals surface area contributed by atoms with Crippen LogP contribution < -0.4 is 15.4 Å². The zero-order chi connectivity index (χ0) is 18.5. The third-order valence-corrected chi connectivity index (χ3v) is 3.88. The van der Waals surface area contributed by atoms with Crippen LogP contribution >= 0.6 is 0 Å². The van der Waals surface area contributed by atoms with E-state index in [4.69, 9.17) is 4.74 Å². The Morgan fingerprint density at radius 2 is 1.77 bits per heavy atom. The molecule has 26 heavy (non-hydrogen) atoms. The Bertz CT molecular complexity index is 906. The molecule has 1 amide bonds. The van der Waals surface area contributed by atoms with E-state index in [1.807, 2.05) is 56.3 Å². The number of anilines is 3. The van der Waals surface area contributed by atoms with E-state index >= 15 is 0 Å². The summed E-state index contributed by atoms with van der Waals surface area (Å²) in [6.07, 6.45) is 2.98. The molecule has 1 aromatic heterocycles. The van der Waals surface area contributed by atoms with E-state index < -0.39 is 0 Å². The molecule has 0 aliphatic heterocycles. The molecule has 0 bridgehead atoms. The number of amides is 1. The van der Waals surface area contributed by atoms with Gasteiger partial charge in [0.15, 0.2) is 0 Å². The predicted octanol–water partition coefficient (Wildman–Crippen LogP) is 4.10. The van der Waals surface area contributed by atoms with Crippen molar-refractivity contribution in [3.63, 3.8) is 0 Å². The van der Waals surface area contributed by atoms with Crippen molar-refractivity contribution >= 4 is 23.1 Å². The van der Waals surface area contributed by atoms with E-state index in [1.165, 1.54) is 12.4 Å². The van der Waals surface area contributed by atoms with Crippen LogP contribution in [0.25, 0.3) is 0 Å². The number of nitrogens with one attached hydrogen (secondary N) is 2. The van der Waals surface area contributed by atoms with Crippen molar-refractivity contribution in [1.29, 1.82) is 0 Å². The Morgan fingerprint density at radius 3 is 2.38 bits per heavy atom. The van der Waals surface area contributed by atoms with E-state index in [1.54, 1.807) is 7.11 Å². The Labute approximate surface area is 152 Å². The number of carbonyl (C=O) groups excluding carboxylic acids is 1. The lowest BCUT2D eigenvalue weighted by Gasteiger charge is -2.09. The normalized spacial score (nSPS) is 10.3. The Kier molecular flexibility index (Phi) is 5.12. The van der Waals surface area contributed by atoms with Crippen LogP contribution in [0.1, 0.15) is 21.6 Å². The van der Waals surface area contributed by atoms with Gasteiger partial charge in [0.05, 0.1) is 19.5 Å². The fraction of sp³-hybridized carbons (Fsp3) is 0.150. The van der Waals surface area contributed by atoms with Gasteiger partial charge < -0.3 is 15.4 Å². The van der Waals surface area contributed by atoms with Crippen LogP contribution in [0.2, 0.25) is 0 Å². The molecule has 1 heterocycles. The van der Waals surface area contributed by atoms with Gasteiger partial charge in [-0.15, -0.1) is 0 Å². The van der Waals surface area contributed by atoms with Crippen LogP contribution in [0.4, 0.5) is 17.2 Å². The molecule has 0 spiro atoms. The molecule has 132 valence electrons. The largest absolute Gasteiger partial charge is 0.497 e. The van der Waals surface area contributed by atoms with Crippen molar-refractivity contribution in [2.45, 2.75) is 13.8 Å². The molecule has 0 fully saturated rings. The van der Waals surface area contributed by atoms with Crippen molar-refractivity contribution < 1.29 is 9.53 Å². The minimum absolute atomic E-state index is 0.255. The second-order valence-electron chi connectivity index (χ2n) is 5.91. The maximum Gasteiger partial charge on any atom is 0.275 e. The Morgan fingerprint density at radius 1 is 1.00 bits per heavy atom. The fourth-order valence-corrected chi connectivity index (χ4v) is 2.47. The second-order valence-corrected chi connectivity index (χ2v) is 5.91. The molecular weight excluding hydrogens is 328 g/mol. The van der Waals surface area contributed by atoms with E-state index in [2.05, 4.69) is 20.6 Å². The zero-order valence-electron chi connectivity index (χ0n) is 14.9. The highest BCUT2D eigenvalue weighted by atomic mass is 16.5. The molecule has 0 atom stereocenters. The van der Waals surface area contributed by atoms with Gasteiger partial charge in [-0.25, -0.2) is 9.97 Å². The highest BCUT2D eigenvalue weighted by molar-refractivity contribution is 6.03. The molecule has 0 unspecified atom stereocenters. The second kappa shape index (κ2) is 7.65. The lowest BCUT2D eigenvalue weighted by molar-refractivity contribution is 0.102. The number of aromatic nitrogens is 2. The number of hydrogen-bond acceptors (Lipinski definition) is 5. The number of benzene rings is 2. The van der Waals surface area contributed by atoms with Gasteiger partial charge in [0, 0.05) is 11.4 Å². The van der Waals surface area contributed by atoms with Gasteiger partial charge in [0.1, 0.15) is 17.3 Å². The number of rotatable bonds is 5. The third-order valence-electron chi connectivity index (χ3n) is 3.88. The molecule has 0 radical (unpaired) electrons. The lowest BCUT2D eigenvalue weighted by atomic mass is 10.1. The van der Waals surface area contributed by atoms with Crippen LogP contribution in [0.5, 0.6) is 5.75 Å². The summed E-state index contributed by atoms with van der Waals surface area (Å²) in [7, 11) is 1.62. The van der Waals surface area contributed by atoms with Crippen molar-refractivity contribution in [3.05, 3.63) is 71.7 Å². The van der Waals surface area contributed by atoms with Gasteiger partial charge in [-0.1, -0.05) is 17.7 Å². The molecule has 0 aliphatic carbocycles. The van der Waals surface area contributed by atoms with Gasteiger partial charge >= 0.3 is 0 Å². The summed E-state index contributed by atoms with van der Waals surface area (Å²) in [6.45, 7) is 3.97. The molecule has 6 heteroatoms. The average Bonchev–Trinajstić information content (AvgIpc) is 2.65. The quantitative estimate of drug-likeness (QED) is 0.726. The summed E-state index contributed by atoms with van der Waals surface area (Å²) in [6, 6.07) is 13.3. The monoisotopic (exact) mass is 348 g/mol. The molecule has 0 aliphatic rings. The minimum Gasteiger partial charge on any atom is -0.497 e. The number of carbonyl (C=O) groups is 1. The smallest absolute Gasteiger partial charge is 0.275 e. The highest BCUT2D eigenvalue weighted by Crippen LogP contribution is 2.19. The van der Waals surface area contributed by atoms with Gasteiger partial charge in [-0.05, 0) is 49.7 Å². The standard InChI is InChI=1S/C20H20N4O2/c1-13-4-9-17(14(2)10-13)24-20(25)18-11-22-19(12-21-18)23-15-5-7-16(26-3)8-6-15/h4-12H,1-3H3,(H,22,23)(H,24,25). The number of ether oxygens (including phenoxy) is 1. The van der Waals surface area contributed by atoms with Crippen LogP contribution in [-0.2, 0) is 0 Å². The highest BCUT2D eigenvalue weighted by Gasteiger charge is 2.10. The van der Waals surface area contributed by atoms with E-state index in [-0.39, 0.29) is 11.6 Å². The fourth-order valence-electron chi connectivity index (χ4n) is 2.47. The first kappa shape index (κ1) is 17.4. The lowest BCUT2D eigenvalue weighted by Crippen LogP contribution is -2.15. The predicted molar refractivity (Wildman–Crippen MR) is 102 cm³/mol. The number of methoxy groups -OCH3 is 1. The molecule has 2 aromatic carbocycles. The first-order chi connectivity index (χ1) is 12.5. The van der Waals surface area contributed by atoms with Crippen molar-refractivity contribution in [1.82, 2.24) is 9.97 Å². The maximum absolute atomic E-state index is 12.3. The SMILES string of the molecule is COc1ccc(Nc2cnc(C(=O)Nc3ccc(C)cc3C)cn2)cc1.